The van der Waals surface area contributed by atoms with Crippen molar-refractivity contribution >= 4 is 33.3 Å². The summed E-state index contributed by atoms with van der Waals surface area (Å²) in [5.74, 6) is 0.757. The highest BCUT2D eigenvalue weighted by Gasteiger charge is 2.11. The highest BCUT2D eigenvalue weighted by molar-refractivity contribution is 9.10. The molecule has 5 heteroatoms. The highest BCUT2D eigenvalue weighted by atomic mass is 79.9. The van der Waals surface area contributed by atoms with Crippen molar-refractivity contribution in [1.29, 1.82) is 0 Å². The second-order valence-electron chi connectivity index (χ2n) is 3.83. The van der Waals surface area contributed by atoms with Gasteiger partial charge in [0.15, 0.2) is 0 Å². The molecule has 0 aromatic carbocycles. The monoisotopic (exact) mass is 277 g/mol. The van der Waals surface area contributed by atoms with Gasteiger partial charge >= 0.3 is 0 Å². The minimum Gasteiger partial charge on any atom is -0.367 e. The molecule has 0 aliphatic rings. The summed E-state index contributed by atoms with van der Waals surface area (Å²) in [6.45, 7) is 4.55. The molecule has 1 aromatic heterocycles. The molecule has 3 N–H and O–H groups in total. The number of aromatic nitrogens is 1. The number of nitrogens with one attached hydrogen (secondary N) is 1. The number of nitrogens with zero attached hydrogens (tertiary/aromatic N) is 1. The Balaban J connectivity index is 2.68. The Morgan fingerprint density at radius 1 is 1.64 bits per heavy atom. The largest absolute Gasteiger partial charge is 0.367 e. The van der Waals surface area contributed by atoms with Crippen LogP contribution in [0.25, 0.3) is 0 Å². The number of nitrogens with two attached hydrogens (primary N) is 1. The first-order valence-corrected chi connectivity index (χ1v) is 5.39. The van der Waals surface area contributed by atoms with Gasteiger partial charge in [0, 0.05) is 18.3 Å². The Hall–Kier alpha value is -0.320. The Morgan fingerprint density at radius 2 is 2.29 bits per heavy atom. The van der Waals surface area contributed by atoms with Gasteiger partial charge in [-0.3, -0.25) is 0 Å². The molecule has 0 spiro atoms. The van der Waals surface area contributed by atoms with E-state index >= 15 is 0 Å². The van der Waals surface area contributed by atoms with Crippen LogP contribution in [0.4, 0.5) is 5.82 Å². The summed E-state index contributed by atoms with van der Waals surface area (Å²) in [5, 5.41) is 3.74. The number of rotatable bonds is 3. The minimum absolute atomic E-state index is 0.263. The molecule has 0 atom stereocenters. The first-order chi connectivity index (χ1) is 6.38. The van der Waals surface area contributed by atoms with Crippen molar-refractivity contribution < 1.29 is 0 Å². The molecule has 0 bridgehead atoms. The number of hydrogen-bond acceptors (Lipinski definition) is 3. The average Bonchev–Trinajstić information content (AvgIpc) is 2.00. The summed E-state index contributed by atoms with van der Waals surface area (Å²) < 4.78 is 0.842. The van der Waals surface area contributed by atoms with Crippen molar-refractivity contribution in [1.82, 2.24) is 4.98 Å². The molecule has 1 aromatic rings. The van der Waals surface area contributed by atoms with Crippen molar-refractivity contribution in [3.8, 4) is 0 Å². The summed E-state index contributed by atoms with van der Waals surface area (Å²) in [6.07, 6.45) is 1.60. The Bertz CT molecular complexity index is 322. The molecule has 1 rings (SSSR count). The standard InChI is InChI=1S/C9H13BrClN3/c1-9(2,12)5-14-8-7(10)3-6(11)4-13-8/h3-4H,5,12H2,1-2H3,(H,13,14). The number of pyridine rings is 1. The van der Waals surface area contributed by atoms with Crippen LogP contribution in [0.15, 0.2) is 16.7 Å². The van der Waals surface area contributed by atoms with Crippen LogP contribution in [0.3, 0.4) is 0 Å². The van der Waals surface area contributed by atoms with Crippen molar-refractivity contribution in [3.63, 3.8) is 0 Å². The molecule has 0 saturated carbocycles. The van der Waals surface area contributed by atoms with E-state index in [2.05, 4.69) is 26.2 Å². The van der Waals surface area contributed by atoms with Crippen LogP contribution in [0.2, 0.25) is 5.02 Å². The second-order valence-corrected chi connectivity index (χ2v) is 5.12. The van der Waals surface area contributed by atoms with Crippen LogP contribution in [0.5, 0.6) is 0 Å². The van der Waals surface area contributed by atoms with Gasteiger partial charge in [-0.1, -0.05) is 11.6 Å². The van der Waals surface area contributed by atoms with Gasteiger partial charge in [0.25, 0.3) is 0 Å². The molecule has 1 heterocycles. The topological polar surface area (TPSA) is 50.9 Å². The molecular formula is C9H13BrClN3. The first-order valence-electron chi connectivity index (χ1n) is 4.22. The maximum atomic E-state index is 5.83. The van der Waals surface area contributed by atoms with Gasteiger partial charge in [-0.15, -0.1) is 0 Å². The predicted octanol–water partition coefficient (Wildman–Crippen LogP) is 2.65. The van der Waals surface area contributed by atoms with Crippen LogP contribution in [0.1, 0.15) is 13.8 Å². The van der Waals surface area contributed by atoms with Crippen LogP contribution in [-0.4, -0.2) is 17.1 Å². The van der Waals surface area contributed by atoms with E-state index in [1.165, 1.54) is 0 Å². The average molecular weight is 279 g/mol. The van der Waals surface area contributed by atoms with Gasteiger partial charge in [0.2, 0.25) is 0 Å². The second kappa shape index (κ2) is 4.47. The van der Waals surface area contributed by atoms with Crippen molar-refractivity contribution in [2.75, 3.05) is 11.9 Å². The summed E-state index contributed by atoms with van der Waals surface area (Å²) in [7, 11) is 0. The van der Waals surface area contributed by atoms with Gasteiger partial charge in [-0.05, 0) is 35.8 Å². The third-order valence-corrected chi connectivity index (χ3v) is 2.33. The van der Waals surface area contributed by atoms with Crippen LogP contribution in [-0.2, 0) is 0 Å². The molecule has 0 saturated heterocycles. The zero-order valence-corrected chi connectivity index (χ0v) is 10.5. The maximum Gasteiger partial charge on any atom is 0.140 e. The van der Waals surface area contributed by atoms with Gasteiger partial charge in [-0.2, -0.15) is 0 Å². The molecule has 14 heavy (non-hydrogen) atoms. The van der Waals surface area contributed by atoms with Crippen molar-refractivity contribution in [3.05, 3.63) is 21.8 Å². The summed E-state index contributed by atoms with van der Waals surface area (Å²) in [6, 6.07) is 1.79. The molecule has 0 fully saturated rings. The molecular weight excluding hydrogens is 265 g/mol. The Labute approximate surface area is 97.2 Å². The Morgan fingerprint density at radius 3 is 2.79 bits per heavy atom. The lowest BCUT2D eigenvalue weighted by atomic mass is 10.1. The maximum absolute atomic E-state index is 5.83. The third kappa shape index (κ3) is 3.82. The number of anilines is 1. The quantitative estimate of drug-likeness (QED) is 0.894. The van der Waals surface area contributed by atoms with E-state index in [0.29, 0.717) is 11.6 Å². The lowest BCUT2D eigenvalue weighted by molar-refractivity contribution is 0.548. The fourth-order valence-corrected chi connectivity index (χ4v) is 1.64. The zero-order valence-electron chi connectivity index (χ0n) is 8.14. The number of halogens is 2. The minimum atomic E-state index is -0.263. The number of hydrogen-bond donors (Lipinski definition) is 2. The molecule has 78 valence electrons. The molecule has 0 aliphatic heterocycles. The summed E-state index contributed by atoms with van der Waals surface area (Å²) in [5.41, 5.74) is 5.57. The van der Waals surface area contributed by atoms with E-state index in [0.717, 1.165) is 10.3 Å². The predicted molar refractivity (Wildman–Crippen MR) is 63.7 cm³/mol. The first kappa shape index (κ1) is 11.8. The summed E-state index contributed by atoms with van der Waals surface area (Å²) in [4.78, 5) is 4.14. The van der Waals surface area contributed by atoms with E-state index < -0.39 is 0 Å². The van der Waals surface area contributed by atoms with Gasteiger partial charge in [-0.25, -0.2) is 4.98 Å². The highest BCUT2D eigenvalue weighted by Crippen LogP contribution is 2.23. The van der Waals surface area contributed by atoms with Gasteiger partial charge in [0.1, 0.15) is 5.82 Å². The van der Waals surface area contributed by atoms with Crippen molar-refractivity contribution in [2.24, 2.45) is 5.73 Å². The smallest absolute Gasteiger partial charge is 0.140 e. The van der Waals surface area contributed by atoms with Crippen LogP contribution in [0, 0.1) is 0 Å². The summed E-state index contributed by atoms with van der Waals surface area (Å²) >= 11 is 9.13. The SMILES string of the molecule is CC(C)(N)CNc1ncc(Cl)cc1Br. The third-order valence-electron chi connectivity index (χ3n) is 1.52. The van der Waals surface area contributed by atoms with Crippen LogP contribution < -0.4 is 11.1 Å². The lowest BCUT2D eigenvalue weighted by Gasteiger charge is -2.19. The molecule has 0 aliphatic carbocycles. The van der Waals surface area contributed by atoms with E-state index in [-0.39, 0.29) is 5.54 Å². The van der Waals surface area contributed by atoms with E-state index in [4.69, 9.17) is 17.3 Å². The Kier molecular flexibility index (Phi) is 3.75. The fraction of sp³-hybridized carbons (Fsp3) is 0.444. The van der Waals surface area contributed by atoms with Gasteiger partial charge < -0.3 is 11.1 Å². The van der Waals surface area contributed by atoms with Gasteiger partial charge in [0.05, 0.1) is 9.50 Å². The van der Waals surface area contributed by atoms with E-state index in [1.807, 2.05) is 13.8 Å². The van der Waals surface area contributed by atoms with E-state index in [9.17, 15) is 0 Å². The molecule has 0 amide bonds. The fourth-order valence-electron chi connectivity index (χ4n) is 0.856. The lowest BCUT2D eigenvalue weighted by Crippen LogP contribution is -2.39. The normalized spacial score (nSPS) is 11.5. The van der Waals surface area contributed by atoms with Crippen LogP contribution >= 0.6 is 27.5 Å². The zero-order chi connectivity index (χ0) is 10.8. The van der Waals surface area contributed by atoms with E-state index in [1.54, 1.807) is 12.3 Å². The molecule has 0 radical (unpaired) electrons. The molecule has 3 nitrogen and oxygen atoms in total. The van der Waals surface area contributed by atoms with Crippen molar-refractivity contribution in [2.45, 2.75) is 19.4 Å². The molecule has 0 unspecified atom stereocenters.